The van der Waals surface area contributed by atoms with Gasteiger partial charge in [-0.3, -0.25) is 9.59 Å². The lowest BCUT2D eigenvalue weighted by atomic mass is 10.1. The van der Waals surface area contributed by atoms with Gasteiger partial charge in [-0.2, -0.15) is 0 Å². The lowest BCUT2D eigenvalue weighted by Gasteiger charge is -2.27. The summed E-state index contributed by atoms with van der Waals surface area (Å²) >= 11 is 0. The van der Waals surface area contributed by atoms with Gasteiger partial charge in [0.1, 0.15) is 12.1 Å². The maximum Gasteiger partial charge on any atom is 0.273 e. The van der Waals surface area contributed by atoms with Gasteiger partial charge in [0.2, 0.25) is 5.89 Å². The van der Waals surface area contributed by atoms with Crippen molar-refractivity contribution in [2.24, 2.45) is 0 Å². The molecule has 2 rings (SSSR count). The van der Waals surface area contributed by atoms with Crippen molar-refractivity contribution in [2.75, 3.05) is 0 Å². The van der Waals surface area contributed by atoms with Gasteiger partial charge in [0.05, 0.1) is 6.54 Å². The highest BCUT2D eigenvalue weighted by molar-refractivity contribution is 5.94. The molecule has 2 atom stereocenters. The van der Waals surface area contributed by atoms with Gasteiger partial charge in [-0.15, -0.1) is 0 Å². The quantitative estimate of drug-likeness (QED) is 0.762. The molecular formula is C20H26FN3O3. The van der Waals surface area contributed by atoms with Gasteiger partial charge in [0.25, 0.3) is 11.8 Å². The largest absolute Gasteiger partial charge is 0.446 e. The Bertz CT molecular complexity index is 790. The molecule has 0 aliphatic carbocycles. The second kappa shape index (κ2) is 9.30. The predicted octanol–water partition coefficient (Wildman–Crippen LogP) is 3.78. The first-order chi connectivity index (χ1) is 12.8. The summed E-state index contributed by atoms with van der Waals surface area (Å²) in [5.74, 6) is -0.835. The molecule has 6 nitrogen and oxygen atoms in total. The third-order valence-electron chi connectivity index (χ3n) is 4.54. The molecule has 0 fully saturated rings. The summed E-state index contributed by atoms with van der Waals surface area (Å²) < 4.78 is 18.9. The fourth-order valence-corrected chi connectivity index (χ4v) is 2.47. The van der Waals surface area contributed by atoms with Crippen molar-refractivity contribution >= 4 is 11.8 Å². The average Bonchev–Trinajstić information content (AvgIpc) is 3.13. The van der Waals surface area contributed by atoms with Gasteiger partial charge in [-0.25, -0.2) is 9.37 Å². The number of carbonyl (C=O) groups is 2. The molecule has 1 heterocycles. The number of hydrogen-bond acceptors (Lipinski definition) is 4. The van der Waals surface area contributed by atoms with E-state index in [4.69, 9.17) is 4.42 Å². The van der Waals surface area contributed by atoms with Crippen LogP contribution in [0.25, 0.3) is 0 Å². The molecule has 27 heavy (non-hydrogen) atoms. The molecule has 1 N–H and O–H groups in total. The van der Waals surface area contributed by atoms with Crippen LogP contribution in [0.15, 0.2) is 34.9 Å². The zero-order valence-electron chi connectivity index (χ0n) is 16.2. The van der Waals surface area contributed by atoms with Crippen LogP contribution < -0.4 is 5.32 Å². The maximum atomic E-state index is 13.5. The number of hydrogen-bond donors (Lipinski definition) is 1. The van der Waals surface area contributed by atoms with Crippen LogP contribution in [0.5, 0.6) is 0 Å². The number of carbonyl (C=O) groups excluding carboxylic acids is 2. The lowest BCUT2D eigenvalue weighted by Crippen LogP contribution is -2.38. The third-order valence-corrected chi connectivity index (χ3v) is 4.54. The second-order valence-corrected chi connectivity index (χ2v) is 6.61. The zero-order chi connectivity index (χ0) is 20.0. The second-order valence-electron chi connectivity index (χ2n) is 6.61. The van der Waals surface area contributed by atoms with E-state index in [9.17, 15) is 14.0 Å². The summed E-state index contributed by atoms with van der Waals surface area (Å²) in [6, 6.07) is 5.49. The topological polar surface area (TPSA) is 75.4 Å². The minimum absolute atomic E-state index is 0.0313. The fraction of sp³-hybridized carbons (Fsp3) is 0.450. The van der Waals surface area contributed by atoms with E-state index >= 15 is 0 Å². The maximum absolute atomic E-state index is 13.5. The third kappa shape index (κ3) is 5.39. The molecule has 0 saturated carbocycles. The molecule has 7 heteroatoms. The van der Waals surface area contributed by atoms with E-state index in [-0.39, 0.29) is 47.6 Å². The van der Waals surface area contributed by atoms with Crippen molar-refractivity contribution in [2.45, 2.75) is 59.2 Å². The van der Waals surface area contributed by atoms with Crippen LogP contribution in [-0.2, 0) is 6.54 Å². The number of amides is 2. The smallest absolute Gasteiger partial charge is 0.273 e. The van der Waals surface area contributed by atoms with E-state index in [1.807, 2.05) is 27.7 Å². The van der Waals surface area contributed by atoms with Gasteiger partial charge in [-0.1, -0.05) is 19.9 Å². The molecule has 0 saturated heterocycles. The van der Waals surface area contributed by atoms with E-state index in [0.717, 1.165) is 6.42 Å². The highest BCUT2D eigenvalue weighted by Gasteiger charge is 2.24. The van der Waals surface area contributed by atoms with Crippen LogP contribution in [0.2, 0.25) is 0 Å². The first-order valence-corrected chi connectivity index (χ1v) is 9.17. The number of halogens is 1. The first kappa shape index (κ1) is 20.6. The minimum Gasteiger partial charge on any atom is -0.446 e. The predicted molar refractivity (Wildman–Crippen MR) is 99.7 cm³/mol. The SMILES string of the molecule is CCC(C)NC(=O)c1coc(CN(C(=O)c2cccc(F)c2)C(C)CC)n1. The van der Waals surface area contributed by atoms with Crippen molar-refractivity contribution in [3.8, 4) is 0 Å². The van der Waals surface area contributed by atoms with Crippen LogP contribution >= 0.6 is 0 Å². The summed E-state index contributed by atoms with van der Waals surface area (Å²) in [4.78, 5) is 30.7. The molecular weight excluding hydrogens is 349 g/mol. The Hall–Kier alpha value is -2.70. The molecule has 0 spiro atoms. The van der Waals surface area contributed by atoms with Crippen LogP contribution in [0.1, 0.15) is 67.3 Å². The summed E-state index contributed by atoms with van der Waals surface area (Å²) in [6.45, 7) is 7.83. The summed E-state index contributed by atoms with van der Waals surface area (Å²) in [5, 5.41) is 2.82. The van der Waals surface area contributed by atoms with E-state index in [1.54, 1.807) is 11.0 Å². The number of benzene rings is 1. The van der Waals surface area contributed by atoms with Crippen LogP contribution in [-0.4, -0.2) is 33.8 Å². The molecule has 0 radical (unpaired) electrons. The molecule has 146 valence electrons. The lowest BCUT2D eigenvalue weighted by molar-refractivity contribution is 0.0651. The highest BCUT2D eigenvalue weighted by Crippen LogP contribution is 2.16. The summed E-state index contributed by atoms with van der Waals surface area (Å²) in [7, 11) is 0. The van der Waals surface area contributed by atoms with Crippen molar-refractivity contribution in [3.05, 3.63) is 53.5 Å². The van der Waals surface area contributed by atoms with Gasteiger partial charge in [-0.05, 0) is 44.9 Å². The Kier molecular flexibility index (Phi) is 7.10. The van der Waals surface area contributed by atoms with Gasteiger partial charge in [0, 0.05) is 17.6 Å². The van der Waals surface area contributed by atoms with Crippen LogP contribution in [0.3, 0.4) is 0 Å². The zero-order valence-corrected chi connectivity index (χ0v) is 16.2. The summed E-state index contributed by atoms with van der Waals surface area (Å²) in [6.07, 6.45) is 2.80. The first-order valence-electron chi connectivity index (χ1n) is 9.17. The minimum atomic E-state index is -0.468. The number of oxazole rings is 1. The Morgan fingerprint density at radius 3 is 2.63 bits per heavy atom. The molecule has 1 aromatic heterocycles. The van der Waals surface area contributed by atoms with E-state index in [2.05, 4.69) is 10.3 Å². The molecule has 2 aromatic rings. The van der Waals surface area contributed by atoms with Gasteiger partial charge >= 0.3 is 0 Å². The van der Waals surface area contributed by atoms with Crippen LogP contribution in [0, 0.1) is 5.82 Å². The van der Waals surface area contributed by atoms with Gasteiger partial charge < -0.3 is 14.6 Å². The molecule has 0 bridgehead atoms. The monoisotopic (exact) mass is 375 g/mol. The number of nitrogens with one attached hydrogen (secondary N) is 1. The van der Waals surface area contributed by atoms with E-state index in [0.29, 0.717) is 6.42 Å². The molecule has 0 aliphatic rings. The van der Waals surface area contributed by atoms with Gasteiger partial charge in [0.15, 0.2) is 5.69 Å². The Labute approximate surface area is 158 Å². The molecule has 2 unspecified atom stereocenters. The standard InChI is InChI=1S/C20H26FN3O3/c1-5-13(3)22-19(25)17-12-27-18(23-17)11-24(14(4)6-2)20(26)15-8-7-9-16(21)10-15/h7-10,12-14H,5-6,11H2,1-4H3,(H,22,25). The molecule has 1 aromatic carbocycles. The molecule has 0 aliphatic heterocycles. The fourth-order valence-electron chi connectivity index (χ4n) is 2.47. The van der Waals surface area contributed by atoms with Crippen LogP contribution in [0.4, 0.5) is 4.39 Å². The van der Waals surface area contributed by atoms with Crippen molar-refractivity contribution < 1.29 is 18.4 Å². The highest BCUT2D eigenvalue weighted by atomic mass is 19.1. The normalized spacial score (nSPS) is 13.1. The number of rotatable bonds is 8. The van der Waals surface area contributed by atoms with E-state index < -0.39 is 5.82 Å². The van der Waals surface area contributed by atoms with Crippen molar-refractivity contribution in [1.29, 1.82) is 0 Å². The Morgan fingerprint density at radius 2 is 2.00 bits per heavy atom. The number of nitrogens with zero attached hydrogens (tertiary/aromatic N) is 2. The van der Waals surface area contributed by atoms with Crippen molar-refractivity contribution in [3.63, 3.8) is 0 Å². The Morgan fingerprint density at radius 1 is 1.26 bits per heavy atom. The van der Waals surface area contributed by atoms with Crippen molar-refractivity contribution in [1.82, 2.24) is 15.2 Å². The molecule has 2 amide bonds. The summed E-state index contributed by atoms with van der Waals surface area (Å²) in [5.41, 5.74) is 0.434. The number of aromatic nitrogens is 1. The Balaban J connectivity index is 2.17. The van der Waals surface area contributed by atoms with E-state index in [1.165, 1.54) is 24.5 Å². The average molecular weight is 375 g/mol.